The Morgan fingerprint density at radius 2 is 1.64 bits per heavy atom. The molecular weight excluding hydrogens is 157 g/mol. The Hall–Kier alpha value is -1.19. The lowest BCUT2D eigenvalue weighted by molar-refractivity contribution is -0.0904. The van der Waals surface area contributed by atoms with Crippen LogP contribution in [-0.2, 0) is 0 Å². The second-order valence-electron chi connectivity index (χ2n) is 1.70. The predicted octanol–water partition coefficient (Wildman–Crippen LogP) is 2.73. The van der Waals surface area contributed by atoms with Crippen molar-refractivity contribution in [3.05, 3.63) is 36.6 Å². The van der Waals surface area contributed by atoms with E-state index in [1.54, 1.807) is 0 Å². The number of aliphatic hydroxyl groups is 1. The fourth-order valence-electron chi connectivity index (χ4n) is 0.475. The highest BCUT2D eigenvalue weighted by Crippen LogP contribution is 2.28. The van der Waals surface area contributed by atoms with E-state index in [0.717, 1.165) is 0 Å². The average molecular weight is 164 g/mol. The first-order chi connectivity index (χ1) is 4.93. The zero-order valence-corrected chi connectivity index (χ0v) is 5.65. The van der Waals surface area contributed by atoms with E-state index in [1.165, 1.54) is 0 Å². The zero-order chi connectivity index (χ0) is 9.07. The fraction of sp³-hybridized carbons (Fsp3) is 0.143. The van der Waals surface area contributed by atoms with E-state index in [0.29, 0.717) is 12.2 Å². The van der Waals surface area contributed by atoms with E-state index in [9.17, 15) is 13.2 Å². The molecule has 4 heteroatoms. The van der Waals surface area contributed by atoms with Crippen molar-refractivity contribution in [3.63, 3.8) is 0 Å². The summed E-state index contributed by atoms with van der Waals surface area (Å²) in [6.45, 7) is 5.90. The Labute approximate surface area is 62.2 Å². The molecular formula is C7H7F3O. The lowest BCUT2D eigenvalue weighted by atomic mass is 10.2. The highest BCUT2D eigenvalue weighted by molar-refractivity contribution is 5.29. The largest absolute Gasteiger partial charge is 0.507 e. The average Bonchev–Trinajstić information content (AvgIpc) is 1.86. The molecule has 0 aliphatic heterocycles. The summed E-state index contributed by atoms with van der Waals surface area (Å²) < 4.78 is 35.5. The first-order valence-electron chi connectivity index (χ1n) is 2.68. The van der Waals surface area contributed by atoms with E-state index in [4.69, 9.17) is 5.11 Å². The summed E-state index contributed by atoms with van der Waals surface area (Å²) in [7, 11) is 0. The molecule has 0 rings (SSSR count). The molecule has 0 aromatic heterocycles. The lowest BCUT2D eigenvalue weighted by Crippen LogP contribution is -2.11. The molecule has 0 aromatic carbocycles. The van der Waals surface area contributed by atoms with Crippen molar-refractivity contribution in [2.45, 2.75) is 6.18 Å². The van der Waals surface area contributed by atoms with Gasteiger partial charge in [0, 0.05) is 0 Å². The number of hydrogen-bond donors (Lipinski definition) is 1. The third-order valence-corrected chi connectivity index (χ3v) is 0.979. The van der Waals surface area contributed by atoms with Crippen LogP contribution in [0.4, 0.5) is 13.2 Å². The van der Waals surface area contributed by atoms with Crippen LogP contribution < -0.4 is 0 Å². The quantitative estimate of drug-likeness (QED) is 0.491. The van der Waals surface area contributed by atoms with E-state index in [-0.39, 0.29) is 0 Å². The van der Waals surface area contributed by atoms with Gasteiger partial charge < -0.3 is 5.11 Å². The minimum atomic E-state index is -4.57. The summed E-state index contributed by atoms with van der Waals surface area (Å²) in [6, 6.07) is 0. The molecule has 0 fully saturated rings. The second-order valence-corrected chi connectivity index (χ2v) is 1.70. The number of alkyl halides is 3. The molecule has 0 amide bonds. The molecule has 0 spiro atoms. The minimum absolute atomic E-state index is 0.539. The van der Waals surface area contributed by atoms with Crippen LogP contribution in [0.15, 0.2) is 36.6 Å². The molecule has 11 heavy (non-hydrogen) atoms. The summed E-state index contributed by atoms with van der Waals surface area (Å²) in [5.41, 5.74) is -1.17. The predicted molar refractivity (Wildman–Crippen MR) is 36.1 cm³/mol. The van der Waals surface area contributed by atoms with Crippen molar-refractivity contribution in [2.24, 2.45) is 0 Å². The van der Waals surface area contributed by atoms with Gasteiger partial charge in [0.1, 0.15) is 5.76 Å². The van der Waals surface area contributed by atoms with E-state index in [2.05, 4.69) is 13.2 Å². The summed E-state index contributed by atoms with van der Waals surface area (Å²) >= 11 is 0. The summed E-state index contributed by atoms with van der Waals surface area (Å²) in [4.78, 5) is 0. The first-order valence-corrected chi connectivity index (χ1v) is 2.68. The van der Waals surface area contributed by atoms with Crippen LogP contribution in [0.25, 0.3) is 0 Å². The van der Waals surface area contributed by atoms with Crippen LogP contribution in [0.1, 0.15) is 0 Å². The Morgan fingerprint density at radius 1 is 1.18 bits per heavy atom. The maximum absolute atomic E-state index is 11.8. The summed E-state index contributed by atoms with van der Waals surface area (Å²) in [5.74, 6) is -0.910. The van der Waals surface area contributed by atoms with Crippen molar-refractivity contribution in [1.82, 2.24) is 0 Å². The van der Waals surface area contributed by atoms with Crippen LogP contribution in [0.3, 0.4) is 0 Å². The molecule has 0 saturated heterocycles. The molecule has 0 bridgehead atoms. The van der Waals surface area contributed by atoms with Gasteiger partial charge in [0.15, 0.2) is 0 Å². The summed E-state index contributed by atoms with van der Waals surface area (Å²) in [5, 5.41) is 8.62. The highest BCUT2D eigenvalue weighted by Gasteiger charge is 2.33. The first kappa shape index (κ1) is 9.81. The van der Waals surface area contributed by atoms with Gasteiger partial charge >= 0.3 is 6.18 Å². The van der Waals surface area contributed by atoms with Crippen LogP contribution in [-0.4, -0.2) is 11.3 Å². The molecule has 0 saturated carbocycles. The van der Waals surface area contributed by atoms with E-state index >= 15 is 0 Å². The molecule has 0 aliphatic carbocycles. The SMILES string of the molecule is C=C/C(O)=C(\C=C)C(F)(F)F. The highest BCUT2D eigenvalue weighted by atomic mass is 19.4. The van der Waals surface area contributed by atoms with Crippen LogP contribution in [0.5, 0.6) is 0 Å². The lowest BCUT2D eigenvalue weighted by Gasteiger charge is -2.07. The maximum Gasteiger partial charge on any atom is 0.419 e. The Morgan fingerprint density at radius 3 is 1.73 bits per heavy atom. The molecule has 0 atom stereocenters. The smallest absolute Gasteiger partial charge is 0.419 e. The molecule has 0 aromatic rings. The van der Waals surface area contributed by atoms with Gasteiger partial charge in [0.05, 0.1) is 5.57 Å². The van der Waals surface area contributed by atoms with Gasteiger partial charge in [-0.15, -0.1) is 0 Å². The van der Waals surface area contributed by atoms with Crippen molar-refractivity contribution >= 4 is 0 Å². The topological polar surface area (TPSA) is 20.2 Å². The Bertz CT molecular complexity index is 200. The number of hydrogen-bond acceptors (Lipinski definition) is 1. The van der Waals surface area contributed by atoms with Gasteiger partial charge in [-0.25, -0.2) is 0 Å². The van der Waals surface area contributed by atoms with Gasteiger partial charge in [-0.2, -0.15) is 13.2 Å². The molecule has 0 heterocycles. The monoisotopic (exact) mass is 164 g/mol. The van der Waals surface area contributed by atoms with E-state index in [1.807, 2.05) is 0 Å². The number of allylic oxidation sites excluding steroid dienone is 3. The third kappa shape index (κ3) is 2.49. The Kier molecular flexibility index (Phi) is 2.92. The van der Waals surface area contributed by atoms with Crippen molar-refractivity contribution in [2.75, 3.05) is 0 Å². The van der Waals surface area contributed by atoms with Crippen molar-refractivity contribution < 1.29 is 18.3 Å². The van der Waals surface area contributed by atoms with Crippen LogP contribution in [0, 0.1) is 0 Å². The zero-order valence-electron chi connectivity index (χ0n) is 5.65. The molecule has 0 aliphatic rings. The Balaban J connectivity index is 4.95. The molecule has 0 unspecified atom stereocenters. The standard InChI is InChI=1S/C7H7F3O/c1-3-5(6(11)4-2)7(8,9)10/h3-4,11H,1-2H2/b6-5-. The third-order valence-electron chi connectivity index (χ3n) is 0.979. The fourth-order valence-corrected chi connectivity index (χ4v) is 0.475. The summed E-state index contributed by atoms with van der Waals surface area (Å²) in [6.07, 6.45) is -3.32. The van der Waals surface area contributed by atoms with Gasteiger partial charge in [-0.05, 0) is 6.08 Å². The van der Waals surface area contributed by atoms with Crippen LogP contribution in [0.2, 0.25) is 0 Å². The number of rotatable bonds is 2. The maximum atomic E-state index is 11.8. The molecule has 0 radical (unpaired) electrons. The second kappa shape index (κ2) is 3.27. The van der Waals surface area contributed by atoms with Crippen molar-refractivity contribution in [1.29, 1.82) is 0 Å². The molecule has 1 nitrogen and oxygen atoms in total. The minimum Gasteiger partial charge on any atom is -0.507 e. The van der Waals surface area contributed by atoms with E-state index < -0.39 is 17.5 Å². The number of halogens is 3. The normalized spacial score (nSPS) is 13.7. The van der Waals surface area contributed by atoms with Crippen LogP contribution >= 0.6 is 0 Å². The van der Waals surface area contributed by atoms with Gasteiger partial charge in [-0.3, -0.25) is 0 Å². The van der Waals surface area contributed by atoms with Crippen molar-refractivity contribution in [3.8, 4) is 0 Å². The van der Waals surface area contributed by atoms with Gasteiger partial charge in [0.2, 0.25) is 0 Å². The molecule has 62 valence electrons. The van der Waals surface area contributed by atoms with Gasteiger partial charge in [0.25, 0.3) is 0 Å². The molecule has 1 N–H and O–H groups in total. The number of aliphatic hydroxyl groups excluding tert-OH is 1. The van der Waals surface area contributed by atoms with Gasteiger partial charge in [-0.1, -0.05) is 19.2 Å².